The second kappa shape index (κ2) is 4.52. The molecule has 0 fully saturated rings. The smallest absolute Gasteiger partial charge is 0.123 e. The molecular formula is C8H12N4. The maximum absolute atomic E-state index is 8.47. The van der Waals surface area contributed by atoms with E-state index < -0.39 is 0 Å². The molecule has 0 bridgehead atoms. The van der Waals surface area contributed by atoms with Crippen molar-refractivity contribution in [2.75, 3.05) is 6.54 Å². The average molecular weight is 164 g/mol. The summed E-state index contributed by atoms with van der Waals surface area (Å²) >= 11 is 0. The summed E-state index contributed by atoms with van der Waals surface area (Å²) in [7, 11) is 0. The van der Waals surface area contributed by atoms with Gasteiger partial charge in [-0.15, -0.1) is 0 Å². The van der Waals surface area contributed by atoms with Crippen LogP contribution in [0.5, 0.6) is 0 Å². The van der Waals surface area contributed by atoms with Crippen LogP contribution in [0.3, 0.4) is 0 Å². The summed E-state index contributed by atoms with van der Waals surface area (Å²) in [5.41, 5.74) is 0. The molecule has 0 saturated heterocycles. The van der Waals surface area contributed by atoms with Gasteiger partial charge in [0.2, 0.25) is 0 Å². The van der Waals surface area contributed by atoms with Gasteiger partial charge in [-0.2, -0.15) is 5.26 Å². The van der Waals surface area contributed by atoms with Gasteiger partial charge < -0.3 is 9.88 Å². The Hall–Kier alpha value is -1.34. The SMILES string of the molecule is CCNCc1nccn1CC#N. The third-order valence-electron chi connectivity index (χ3n) is 1.58. The maximum atomic E-state index is 8.47. The van der Waals surface area contributed by atoms with Crippen molar-refractivity contribution in [3.63, 3.8) is 0 Å². The zero-order chi connectivity index (χ0) is 8.81. The molecule has 0 atom stereocenters. The fourth-order valence-corrected chi connectivity index (χ4v) is 0.964. The molecular weight excluding hydrogens is 152 g/mol. The number of rotatable bonds is 4. The zero-order valence-electron chi connectivity index (χ0n) is 7.12. The first-order chi connectivity index (χ1) is 5.88. The van der Waals surface area contributed by atoms with Crippen LogP contribution in [0.4, 0.5) is 0 Å². The van der Waals surface area contributed by atoms with Crippen molar-refractivity contribution < 1.29 is 0 Å². The standard InChI is InChI=1S/C8H12N4/c1-2-10-7-8-11-4-6-12(8)5-3-9/h4,6,10H,2,5,7H2,1H3. The van der Waals surface area contributed by atoms with Crippen molar-refractivity contribution in [2.45, 2.75) is 20.0 Å². The lowest BCUT2D eigenvalue weighted by Gasteiger charge is -2.02. The Labute approximate surface area is 71.8 Å². The van der Waals surface area contributed by atoms with E-state index in [-0.39, 0.29) is 0 Å². The summed E-state index contributed by atoms with van der Waals surface area (Å²) in [4.78, 5) is 4.12. The van der Waals surface area contributed by atoms with E-state index in [2.05, 4.69) is 16.4 Å². The molecule has 64 valence electrons. The van der Waals surface area contributed by atoms with Crippen LogP contribution < -0.4 is 5.32 Å². The van der Waals surface area contributed by atoms with Gasteiger partial charge in [-0.3, -0.25) is 0 Å². The minimum absolute atomic E-state index is 0.376. The first-order valence-corrected chi connectivity index (χ1v) is 3.96. The Morgan fingerprint density at radius 1 is 1.75 bits per heavy atom. The Bertz CT molecular complexity index is 271. The minimum atomic E-state index is 0.376. The maximum Gasteiger partial charge on any atom is 0.123 e. The molecule has 0 aliphatic heterocycles. The molecule has 0 aliphatic carbocycles. The van der Waals surface area contributed by atoms with Gasteiger partial charge in [0.1, 0.15) is 12.4 Å². The van der Waals surface area contributed by atoms with Gasteiger partial charge in [0, 0.05) is 12.4 Å². The number of aromatic nitrogens is 2. The monoisotopic (exact) mass is 164 g/mol. The Morgan fingerprint density at radius 3 is 3.25 bits per heavy atom. The van der Waals surface area contributed by atoms with Crippen LogP contribution in [0.1, 0.15) is 12.7 Å². The summed E-state index contributed by atoms with van der Waals surface area (Å²) in [5.74, 6) is 0.915. The van der Waals surface area contributed by atoms with E-state index in [0.717, 1.165) is 18.9 Å². The zero-order valence-corrected chi connectivity index (χ0v) is 7.12. The van der Waals surface area contributed by atoms with Crippen molar-refractivity contribution in [2.24, 2.45) is 0 Å². The van der Waals surface area contributed by atoms with Crippen LogP contribution in [0.2, 0.25) is 0 Å². The second-order valence-electron chi connectivity index (χ2n) is 2.41. The second-order valence-corrected chi connectivity index (χ2v) is 2.41. The first-order valence-electron chi connectivity index (χ1n) is 3.96. The van der Waals surface area contributed by atoms with Crippen LogP contribution in [0.25, 0.3) is 0 Å². The van der Waals surface area contributed by atoms with E-state index >= 15 is 0 Å². The van der Waals surface area contributed by atoms with E-state index in [9.17, 15) is 0 Å². The molecule has 1 heterocycles. The molecule has 0 aliphatic rings. The van der Waals surface area contributed by atoms with Gasteiger partial charge in [0.25, 0.3) is 0 Å². The molecule has 0 unspecified atom stereocenters. The fraction of sp³-hybridized carbons (Fsp3) is 0.500. The van der Waals surface area contributed by atoms with E-state index in [1.54, 1.807) is 6.20 Å². The summed E-state index contributed by atoms with van der Waals surface area (Å²) in [6.45, 7) is 4.06. The Kier molecular flexibility index (Phi) is 3.30. The molecule has 1 aromatic heterocycles. The van der Waals surface area contributed by atoms with Crippen LogP contribution in [0, 0.1) is 11.3 Å². The molecule has 0 spiro atoms. The van der Waals surface area contributed by atoms with Crippen molar-refractivity contribution >= 4 is 0 Å². The quantitative estimate of drug-likeness (QED) is 0.705. The van der Waals surface area contributed by atoms with E-state index in [0.29, 0.717) is 6.54 Å². The lowest BCUT2D eigenvalue weighted by Crippen LogP contribution is -2.16. The molecule has 1 rings (SSSR count). The molecule has 0 aromatic carbocycles. The van der Waals surface area contributed by atoms with Crippen LogP contribution in [-0.2, 0) is 13.1 Å². The highest BCUT2D eigenvalue weighted by molar-refractivity contribution is 4.94. The molecule has 0 amide bonds. The number of nitrogens with one attached hydrogen (secondary N) is 1. The summed E-state index contributed by atoms with van der Waals surface area (Å²) < 4.78 is 1.84. The molecule has 12 heavy (non-hydrogen) atoms. The predicted molar refractivity (Wildman–Crippen MR) is 45.2 cm³/mol. The van der Waals surface area contributed by atoms with E-state index in [4.69, 9.17) is 5.26 Å². The largest absolute Gasteiger partial charge is 0.320 e. The number of nitriles is 1. The highest BCUT2D eigenvalue weighted by atomic mass is 15.1. The molecule has 4 heteroatoms. The normalized spacial score (nSPS) is 9.67. The Morgan fingerprint density at radius 2 is 2.58 bits per heavy atom. The summed E-state index contributed by atoms with van der Waals surface area (Å²) in [5, 5.41) is 11.6. The molecule has 0 radical (unpaired) electrons. The van der Waals surface area contributed by atoms with Crippen LogP contribution >= 0.6 is 0 Å². The van der Waals surface area contributed by atoms with E-state index in [1.165, 1.54) is 0 Å². The highest BCUT2D eigenvalue weighted by Crippen LogP contribution is 1.95. The Balaban J connectivity index is 2.58. The minimum Gasteiger partial charge on any atom is -0.320 e. The third-order valence-corrected chi connectivity index (χ3v) is 1.58. The topological polar surface area (TPSA) is 53.6 Å². The average Bonchev–Trinajstić information content (AvgIpc) is 2.50. The van der Waals surface area contributed by atoms with Gasteiger partial charge in [-0.25, -0.2) is 4.98 Å². The third kappa shape index (κ3) is 2.07. The number of hydrogen-bond donors (Lipinski definition) is 1. The summed E-state index contributed by atoms with van der Waals surface area (Å²) in [6.07, 6.45) is 3.53. The van der Waals surface area contributed by atoms with Gasteiger partial charge in [-0.1, -0.05) is 6.92 Å². The van der Waals surface area contributed by atoms with Crippen molar-refractivity contribution in [1.82, 2.24) is 14.9 Å². The van der Waals surface area contributed by atoms with Crippen molar-refractivity contribution in [3.8, 4) is 6.07 Å². The number of hydrogen-bond acceptors (Lipinski definition) is 3. The lowest BCUT2D eigenvalue weighted by molar-refractivity contribution is 0.647. The van der Waals surface area contributed by atoms with Gasteiger partial charge in [0.15, 0.2) is 0 Å². The molecule has 0 saturated carbocycles. The lowest BCUT2D eigenvalue weighted by atomic mass is 10.5. The van der Waals surface area contributed by atoms with Gasteiger partial charge >= 0.3 is 0 Å². The van der Waals surface area contributed by atoms with Crippen molar-refractivity contribution in [3.05, 3.63) is 18.2 Å². The van der Waals surface area contributed by atoms with Crippen LogP contribution in [-0.4, -0.2) is 16.1 Å². The predicted octanol–water partition coefficient (Wildman–Crippen LogP) is 0.516. The fourth-order valence-electron chi connectivity index (χ4n) is 0.964. The number of nitrogens with zero attached hydrogens (tertiary/aromatic N) is 3. The van der Waals surface area contributed by atoms with Gasteiger partial charge in [-0.05, 0) is 6.54 Å². The highest BCUT2D eigenvalue weighted by Gasteiger charge is 1.99. The molecule has 1 aromatic rings. The molecule has 4 nitrogen and oxygen atoms in total. The summed E-state index contributed by atoms with van der Waals surface area (Å²) in [6, 6.07) is 2.08. The van der Waals surface area contributed by atoms with Crippen molar-refractivity contribution in [1.29, 1.82) is 5.26 Å². The van der Waals surface area contributed by atoms with Crippen LogP contribution in [0.15, 0.2) is 12.4 Å². The number of imidazole rings is 1. The molecule has 1 N–H and O–H groups in total. The van der Waals surface area contributed by atoms with Gasteiger partial charge in [0.05, 0.1) is 12.6 Å². The first kappa shape index (κ1) is 8.75. The van der Waals surface area contributed by atoms with E-state index in [1.807, 2.05) is 17.7 Å².